The van der Waals surface area contributed by atoms with Crippen LogP contribution in [-0.2, 0) is 9.47 Å². The van der Waals surface area contributed by atoms with E-state index in [4.69, 9.17) is 18.9 Å². The van der Waals surface area contributed by atoms with Gasteiger partial charge in [-0.15, -0.1) is 0 Å². The van der Waals surface area contributed by atoms with Gasteiger partial charge in [0.05, 0.1) is 12.2 Å². The summed E-state index contributed by atoms with van der Waals surface area (Å²) in [6.45, 7) is 19.7. The lowest BCUT2D eigenvalue weighted by molar-refractivity contribution is 0.0460. The van der Waals surface area contributed by atoms with E-state index in [-0.39, 0.29) is 17.6 Å². The van der Waals surface area contributed by atoms with E-state index in [2.05, 4.69) is 71.0 Å². The van der Waals surface area contributed by atoms with E-state index in [0.717, 1.165) is 28.2 Å². The largest absolute Gasteiger partial charge is 0.489 e. The van der Waals surface area contributed by atoms with E-state index in [1.165, 1.54) is 5.56 Å². The third-order valence-electron chi connectivity index (χ3n) is 6.51. The molecule has 0 bridgehead atoms. The van der Waals surface area contributed by atoms with Crippen molar-refractivity contribution in [3.8, 4) is 11.5 Å². The predicted molar refractivity (Wildman–Crippen MR) is 137 cm³/mol. The zero-order valence-electron chi connectivity index (χ0n) is 22.5. The van der Waals surface area contributed by atoms with Crippen molar-refractivity contribution in [3.05, 3.63) is 58.7 Å². The van der Waals surface area contributed by atoms with Crippen LogP contribution in [0.4, 0.5) is 0 Å². The topological polar surface area (TPSA) is 36.9 Å². The lowest BCUT2D eigenvalue weighted by Crippen LogP contribution is -2.36. The fourth-order valence-corrected chi connectivity index (χ4v) is 3.77. The van der Waals surface area contributed by atoms with Crippen molar-refractivity contribution in [1.29, 1.82) is 0 Å². The van der Waals surface area contributed by atoms with E-state index < -0.39 is 5.60 Å². The second-order valence-electron chi connectivity index (χ2n) is 10.8. The standard InChI is InChI=1S/C29H44O4/c1-19-16-25(21(3)30-10)27(26(17-19)22(4)31-11)32-18-29(8,9)33-24-14-12-23(13-15-24)20(2)28(5,6)7/h12-17,20-22H,18H2,1-11H3. The van der Waals surface area contributed by atoms with Gasteiger partial charge in [0.15, 0.2) is 0 Å². The summed E-state index contributed by atoms with van der Waals surface area (Å²) < 4.78 is 24.0. The molecule has 0 heterocycles. The number of methoxy groups -OCH3 is 2. The summed E-state index contributed by atoms with van der Waals surface area (Å²) in [7, 11) is 3.43. The van der Waals surface area contributed by atoms with E-state index in [0.29, 0.717) is 12.5 Å². The molecule has 2 rings (SSSR count). The molecule has 0 radical (unpaired) electrons. The number of aryl methyl sites for hydroxylation is 1. The maximum absolute atomic E-state index is 6.43. The highest BCUT2D eigenvalue weighted by Gasteiger charge is 2.26. The minimum absolute atomic E-state index is 0.0934. The van der Waals surface area contributed by atoms with Gasteiger partial charge in [-0.1, -0.05) is 45.4 Å². The number of rotatable bonds is 10. The van der Waals surface area contributed by atoms with Crippen LogP contribution >= 0.6 is 0 Å². The summed E-state index contributed by atoms with van der Waals surface area (Å²) in [5.41, 5.74) is 4.21. The van der Waals surface area contributed by atoms with Gasteiger partial charge in [-0.3, -0.25) is 0 Å². The van der Waals surface area contributed by atoms with Gasteiger partial charge < -0.3 is 18.9 Å². The summed E-state index contributed by atoms with van der Waals surface area (Å²) >= 11 is 0. The molecule has 0 saturated carbocycles. The molecular formula is C29H44O4. The van der Waals surface area contributed by atoms with Gasteiger partial charge in [0, 0.05) is 25.3 Å². The first-order valence-corrected chi connectivity index (χ1v) is 11.9. The maximum atomic E-state index is 6.43. The average Bonchev–Trinajstić information content (AvgIpc) is 2.75. The van der Waals surface area contributed by atoms with Crippen LogP contribution in [-0.4, -0.2) is 26.4 Å². The molecule has 4 heteroatoms. The molecule has 0 saturated heterocycles. The normalized spacial score (nSPS) is 15.1. The third-order valence-corrected chi connectivity index (χ3v) is 6.51. The molecule has 0 spiro atoms. The van der Waals surface area contributed by atoms with Crippen molar-refractivity contribution in [2.45, 2.75) is 86.0 Å². The molecule has 4 nitrogen and oxygen atoms in total. The van der Waals surface area contributed by atoms with Crippen LogP contribution in [0, 0.1) is 12.3 Å². The summed E-state index contributed by atoms with van der Waals surface area (Å²) in [5.74, 6) is 2.12. The molecule has 0 aliphatic heterocycles. The highest BCUT2D eigenvalue weighted by atomic mass is 16.5. The van der Waals surface area contributed by atoms with Gasteiger partial charge in [0.1, 0.15) is 23.7 Å². The Kier molecular flexibility index (Phi) is 9.01. The van der Waals surface area contributed by atoms with Crippen molar-refractivity contribution >= 4 is 0 Å². The molecule has 33 heavy (non-hydrogen) atoms. The van der Waals surface area contributed by atoms with Crippen LogP contribution in [0.3, 0.4) is 0 Å². The van der Waals surface area contributed by atoms with Crippen LogP contribution in [0.25, 0.3) is 0 Å². The maximum Gasteiger partial charge on any atom is 0.137 e. The Morgan fingerprint density at radius 1 is 0.788 bits per heavy atom. The zero-order valence-corrected chi connectivity index (χ0v) is 22.5. The smallest absolute Gasteiger partial charge is 0.137 e. The summed E-state index contributed by atoms with van der Waals surface area (Å²) in [4.78, 5) is 0. The Morgan fingerprint density at radius 3 is 1.70 bits per heavy atom. The van der Waals surface area contributed by atoms with Crippen LogP contribution < -0.4 is 9.47 Å². The van der Waals surface area contributed by atoms with E-state index >= 15 is 0 Å². The molecule has 2 aromatic rings. The van der Waals surface area contributed by atoms with Crippen LogP contribution in [0.2, 0.25) is 0 Å². The summed E-state index contributed by atoms with van der Waals surface area (Å²) in [6.07, 6.45) is -0.187. The predicted octanol–water partition coefficient (Wildman–Crippen LogP) is 7.80. The molecule has 0 fully saturated rings. The van der Waals surface area contributed by atoms with Crippen molar-refractivity contribution in [3.63, 3.8) is 0 Å². The molecule has 3 atom stereocenters. The first kappa shape index (κ1) is 27.2. The Bertz CT molecular complexity index is 862. The highest BCUT2D eigenvalue weighted by molar-refractivity contribution is 5.47. The average molecular weight is 457 g/mol. The van der Waals surface area contributed by atoms with E-state index in [1.54, 1.807) is 14.2 Å². The fourth-order valence-electron chi connectivity index (χ4n) is 3.77. The molecule has 0 amide bonds. The van der Waals surface area contributed by atoms with Gasteiger partial charge in [-0.05, 0) is 75.8 Å². The molecule has 2 aromatic carbocycles. The number of ether oxygens (including phenoxy) is 4. The molecule has 0 aliphatic carbocycles. The third kappa shape index (κ3) is 7.22. The molecule has 3 unspecified atom stereocenters. The molecule has 0 aromatic heterocycles. The lowest BCUT2D eigenvalue weighted by atomic mass is 9.78. The number of hydrogen-bond acceptors (Lipinski definition) is 4. The SMILES string of the molecule is COC(C)c1cc(C)cc(C(C)OC)c1OCC(C)(C)Oc1ccc(C(C)C(C)(C)C)cc1. The molecule has 0 aliphatic rings. The Hall–Kier alpha value is -2.04. The van der Waals surface area contributed by atoms with Crippen LogP contribution in [0.15, 0.2) is 36.4 Å². The molecule has 0 N–H and O–H groups in total. The number of benzene rings is 2. The second-order valence-corrected chi connectivity index (χ2v) is 10.8. The fraction of sp³-hybridized carbons (Fsp3) is 0.586. The Morgan fingerprint density at radius 2 is 1.27 bits per heavy atom. The highest BCUT2D eigenvalue weighted by Crippen LogP contribution is 2.38. The quantitative estimate of drug-likeness (QED) is 0.365. The van der Waals surface area contributed by atoms with Gasteiger partial charge in [0.25, 0.3) is 0 Å². The summed E-state index contributed by atoms with van der Waals surface area (Å²) in [6, 6.07) is 12.7. The minimum atomic E-state index is -0.525. The Labute approximate surface area is 201 Å². The van der Waals surface area contributed by atoms with Gasteiger partial charge in [0.2, 0.25) is 0 Å². The van der Waals surface area contributed by atoms with Crippen molar-refractivity contribution < 1.29 is 18.9 Å². The first-order valence-electron chi connectivity index (χ1n) is 11.9. The molecular weight excluding hydrogens is 412 g/mol. The van der Waals surface area contributed by atoms with E-state index in [1.807, 2.05) is 27.7 Å². The first-order chi connectivity index (χ1) is 15.3. The zero-order chi connectivity index (χ0) is 25.0. The van der Waals surface area contributed by atoms with Gasteiger partial charge >= 0.3 is 0 Å². The second kappa shape index (κ2) is 10.9. The number of hydrogen-bond donors (Lipinski definition) is 0. The van der Waals surface area contributed by atoms with Crippen LogP contribution in [0.5, 0.6) is 11.5 Å². The van der Waals surface area contributed by atoms with Crippen LogP contribution in [0.1, 0.15) is 95.8 Å². The minimum Gasteiger partial charge on any atom is -0.489 e. The monoisotopic (exact) mass is 456 g/mol. The Balaban J connectivity index is 2.22. The van der Waals surface area contributed by atoms with Crippen molar-refractivity contribution in [2.75, 3.05) is 20.8 Å². The van der Waals surface area contributed by atoms with Gasteiger partial charge in [-0.25, -0.2) is 0 Å². The van der Waals surface area contributed by atoms with E-state index in [9.17, 15) is 0 Å². The summed E-state index contributed by atoms with van der Waals surface area (Å²) in [5, 5.41) is 0. The van der Waals surface area contributed by atoms with Crippen molar-refractivity contribution in [1.82, 2.24) is 0 Å². The lowest BCUT2D eigenvalue weighted by Gasteiger charge is -2.30. The van der Waals surface area contributed by atoms with Crippen molar-refractivity contribution in [2.24, 2.45) is 5.41 Å². The molecule has 184 valence electrons. The van der Waals surface area contributed by atoms with Gasteiger partial charge in [-0.2, -0.15) is 0 Å².